The lowest BCUT2D eigenvalue weighted by molar-refractivity contribution is -0.161. The smallest absolute Gasteiger partial charge is 0.462 e. The number of allylic oxidation sites excluding steroid dienone is 26. The summed E-state index contributed by atoms with van der Waals surface area (Å²) in [5.41, 5.74) is 0. The van der Waals surface area contributed by atoms with Crippen LogP contribution in [0.3, 0.4) is 0 Å². The maximum Gasteiger partial charge on any atom is 0.472 e. The molecule has 104 heavy (non-hydrogen) atoms. The van der Waals surface area contributed by atoms with Gasteiger partial charge >= 0.3 is 39.5 Å². The van der Waals surface area contributed by atoms with Crippen LogP contribution >= 0.6 is 15.6 Å². The summed E-state index contributed by atoms with van der Waals surface area (Å²) in [7, 11) is -9.99. The molecule has 0 aliphatic heterocycles. The fraction of sp³-hybridized carbons (Fsp3) is 0.647. The molecular formula is C85H140O17P2. The van der Waals surface area contributed by atoms with Crippen molar-refractivity contribution >= 4 is 39.5 Å². The summed E-state index contributed by atoms with van der Waals surface area (Å²) < 4.78 is 68.5. The van der Waals surface area contributed by atoms with Crippen LogP contribution in [0.15, 0.2) is 158 Å². The molecule has 0 rings (SSSR count). The number of phosphoric ester groups is 2. The van der Waals surface area contributed by atoms with E-state index in [2.05, 4.69) is 186 Å². The Bertz CT molecular complexity index is 2590. The van der Waals surface area contributed by atoms with Gasteiger partial charge in [0.1, 0.15) is 19.3 Å². The van der Waals surface area contributed by atoms with Crippen LogP contribution in [0.2, 0.25) is 0 Å². The van der Waals surface area contributed by atoms with Gasteiger partial charge in [-0.05, 0) is 167 Å². The van der Waals surface area contributed by atoms with Crippen LogP contribution in [0.1, 0.15) is 297 Å². The average Bonchev–Trinajstić information content (AvgIpc) is 0.911. The summed E-state index contributed by atoms with van der Waals surface area (Å²) in [5, 5.41) is 10.6. The number of unbranched alkanes of at least 4 members (excludes halogenated alkanes) is 21. The number of carbonyl (C=O) groups is 4. The van der Waals surface area contributed by atoms with E-state index in [4.69, 9.17) is 37.0 Å². The number of ether oxygens (including phenoxy) is 4. The number of rotatable bonds is 73. The monoisotopic (exact) mass is 1490 g/mol. The van der Waals surface area contributed by atoms with Gasteiger partial charge in [-0.3, -0.25) is 37.3 Å². The lowest BCUT2D eigenvalue weighted by Gasteiger charge is -2.21. The third-order valence-electron chi connectivity index (χ3n) is 16.0. The van der Waals surface area contributed by atoms with E-state index in [1.54, 1.807) is 0 Å². The van der Waals surface area contributed by atoms with Crippen LogP contribution < -0.4 is 0 Å². The first-order valence-corrected chi connectivity index (χ1v) is 42.7. The van der Waals surface area contributed by atoms with Crippen molar-refractivity contribution in [1.29, 1.82) is 0 Å². The Labute approximate surface area is 629 Å². The molecule has 5 atom stereocenters. The van der Waals surface area contributed by atoms with Crippen molar-refractivity contribution < 1.29 is 80.2 Å². The zero-order valence-corrected chi connectivity index (χ0v) is 66.4. The largest absolute Gasteiger partial charge is 0.472 e. The second kappa shape index (κ2) is 75.9. The van der Waals surface area contributed by atoms with Gasteiger partial charge in [-0.2, -0.15) is 0 Å². The Kier molecular flexibility index (Phi) is 72.0. The second-order valence-corrected chi connectivity index (χ2v) is 28.8. The van der Waals surface area contributed by atoms with Crippen LogP contribution in [-0.4, -0.2) is 96.7 Å². The maximum absolute atomic E-state index is 13.1. The Morgan fingerprint density at radius 2 is 0.500 bits per heavy atom. The van der Waals surface area contributed by atoms with Crippen LogP contribution in [0.25, 0.3) is 0 Å². The van der Waals surface area contributed by atoms with Crippen molar-refractivity contribution in [3.63, 3.8) is 0 Å². The van der Waals surface area contributed by atoms with E-state index < -0.39 is 97.5 Å². The van der Waals surface area contributed by atoms with E-state index in [1.807, 2.05) is 0 Å². The van der Waals surface area contributed by atoms with E-state index in [1.165, 1.54) is 25.7 Å². The zero-order valence-electron chi connectivity index (χ0n) is 64.6. The van der Waals surface area contributed by atoms with Crippen molar-refractivity contribution in [3.05, 3.63) is 158 Å². The molecule has 0 fully saturated rings. The first-order chi connectivity index (χ1) is 50.7. The third-order valence-corrected chi connectivity index (χ3v) is 17.9. The van der Waals surface area contributed by atoms with Gasteiger partial charge in [0.05, 0.1) is 26.4 Å². The quantitative estimate of drug-likeness (QED) is 0.0169. The van der Waals surface area contributed by atoms with E-state index in [-0.39, 0.29) is 25.7 Å². The molecule has 0 amide bonds. The molecule has 0 radical (unpaired) electrons. The molecule has 592 valence electrons. The summed E-state index contributed by atoms with van der Waals surface area (Å²) in [4.78, 5) is 73.0. The summed E-state index contributed by atoms with van der Waals surface area (Å²) in [6, 6.07) is 0. The van der Waals surface area contributed by atoms with Crippen molar-refractivity contribution in [2.75, 3.05) is 39.6 Å². The number of carbonyl (C=O) groups excluding carboxylic acids is 4. The van der Waals surface area contributed by atoms with Gasteiger partial charge in [-0.25, -0.2) is 9.13 Å². The normalized spacial score (nSPS) is 14.7. The number of aliphatic hydroxyl groups excluding tert-OH is 1. The summed E-state index contributed by atoms with van der Waals surface area (Å²) in [6.45, 7) is 4.42. The molecule has 0 aromatic rings. The van der Waals surface area contributed by atoms with Gasteiger partial charge in [-0.15, -0.1) is 0 Å². The zero-order chi connectivity index (χ0) is 76.0. The molecule has 0 aliphatic rings. The first-order valence-electron chi connectivity index (χ1n) is 39.7. The van der Waals surface area contributed by atoms with Crippen molar-refractivity contribution in [2.24, 2.45) is 0 Å². The number of esters is 4. The fourth-order valence-electron chi connectivity index (χ4n) is 10.0. The lowest BCUT2D eigenvalue weighted by atomic mass is 10.1. The van der Waals surface area contributed by atoms with Gasteiger partial charge in [0, 0.05) is 25.7 Å². The van der Waals surface area contributed by atoms with Crippen LogP contribution in [0, 0.1) is 0 Å². The highest BCUT2D eigenvalue weighted by Gasteiger charge is 2.30. The third kappa shape index (κ3) is 74.9. The van der Waals surface area contributed by atoms with E-state index in [9.17, 15) is 43.2 Å². The Balaban J connectivity index is 5.43. The molecule has 0 heterocycles. The van der Waals surface area contributed by atoms with Gasteiger partial charge in [-0.1, -0.05) is 263 Å². The molecule has 0 aromatic carbocycles. The molecule has 0 aromatic heterocycles. The van der Waals surface area contributed by atoms with Crippen LogP contribution in [0.5, 0.6) is 0 Å². The summed E-state index contributed by atoms with van der Waals surface area (Å²) in [5.74, 6) is -2.27. The molecule has 0 saturated carbocycles. The van der Waals surface area contributed by atoms with Gasteiger partial charge in [0.2, 0.25) is 0 Å². The molecule has 17 nitrogen and oxygen atoms in total. The van der Waals surface area contributed by atoms with Crippen LogP contribution in [0.4, 0.5) is 0 Å². The Morgan fingerprint density at radius 1 is 0.279 bits per heavy atom. The van der Waals surface area contributed by atoms with E-state index >= 15 is 0 Å². The SMILES string of the molecule is CC/C=C\C/C=C\C/C=C\C/C=C\C/C=C\CCCCCC(=O)OCC(COP(=O)(O)OCC(O)COP(=O)(O)OCC(COC(=O)CCCCCC/C=C\C/C=C\C/C=C\C/C=C\CC)OC(=O)CCCCCCC/C=C\CCCCCC)OC(=O)CCCCCCC/C=C\C/C=C\C/C=C\CC. The molecule has 0 spiro atoms. The predicted molar refractivity (Wildman–Crippen MR) is 427 cm³/mol. The fourth-order valence-corrected chi connectivity index (χ4v) is 11.6. The molecule has 3 N–H and O–H groups in total. The predicted octanol–water partition coefficient (Wildman–Crippen LogP) is 23.2. The minimum Gasteiger partial charge on any atom is -0.462 e. The van der Waals surface area contributed by atoms with E-state index in [0.717, 1.165) is 193 Å². The van der Waals surface area contributed by atoms with Gasteiger partial charge in [0.25, 0.3) is 0 Å². The first kappa shape index (κ1) is 98.7. The van der Waals surface area contributed by atoms with Crippen molar-refractivity contribution in [1.82, 2.24) is 0 Å². The number of phosphoric acid groups is 2. The lowest BCUT2D eigenvalue weighted by Crippen LogP contribution is -2.30. The standard InChI is InChI=1S/C85H140O17P2/c1-5-9-13-17-21-25-29-33-36-38-39-41-44-47-50-54-58-62-66-70-83(88)96-76-81(102-85(90)72-68-64-60-56-52-48-42-35-31-27-23-19-15-11-7-3)78-100-104(93,94)98-74-79(86)73-97-103(91,92)99-77-80(101-84(89)71-67-63-59-55-51-45-32-28-24-20-16-12-8-4)75-95-82(87)69-65-61-57-53-49-46-43-40-37-34-30-26-22-18-14-10-6-2/h9-11,13-15,21-23,25-28,32-37,39,41-43,46-47,50,79-81,86H,5-8,12,16-20,24,29-31,38,40,44-45,48-49,51-78H2,1-4H3,(H,91,92)(H,93,94)/b13-9-,14-10-,15-11-,25-21-,26-22-,27-23-,32-28-,36-33-,37-34-,41-39-,42-35-,46-43-,50-47-. The minimum atomic E-state index is -5.00. The second-order valence-electron chi connectivity index (χ2n) is 25.9. The highest BCUT2D eigenvalue weighted by Crippen LogP contribution is 2.45. The van der Waals surface area contributed by atoms with E-state index in [0.29, 0.717) is 25.7 Å². The Hall–Kier alpha value is -5.32. The molecule has 5 unspecified atom stereocenters. The number of hydrogen-bond donors (Lipinski definition) is 3. The highest BCUT2D eigenvalue weighted by molar-refractivity contribution is 7.47. The highest BCUT2D eigenvalue weighted by atomic mass is 31.2. The molecule has 0 bridgehead atoms. The van der Waals surface area contributed by atoms with Crippen LogP contribution in [-0.2, 0) is 65.4 Å². The Morgan fingerprint density at radius 3 is 0.788 bits per heavy atom. The minimum absolute atomic E-state index is 0.0621. The maximum atomic E-state index is 13.1. The molecular weight excluding hydrogens is 1350 g/mol. The molecule has 0 saturated heterocycles. The van der Waals surface area contributed by atoms with Gasteiger partial charge in [0.15, 0.2) is 12.2 Å². The summed E-state index contributed by atoms with van der Waals surface area (Å²) in [6.07, 6.45) is 87.9. The van der Waals surface area contributed by atoms with Crippen molar-refractivity contribution in [3.8, 4) is 0 Å². The summed E-state index contributed by atoms with van der Waals surface area (Å²) >= 11 is 0. The molecule has 19 heteroatoms. The topological polar surface area (TPSA) is 237 Å². The van der Waals surface area contributed by atoms with Gasteiger partial charge < -0.3 is 33.8 Å². The number of hydrogen-bond acceptors (Lipinski definition) is 15. The number of aliphatic hydroxyl groups is 1. The van der Waals surface area contributed by atoms with Crippen molar-refractivity contribution in [2.45, 2.75) is 316 Å². The average molecular weight is 1500 g/mol. The molecule has 0 aliphatic carbocycles.